The average Bonchev–Trinajstić information content (AvgIpc) is 2.60. The number of carbonyl (C=O) groups excluding carboxylic acids is 1. The van der Waals surface area contributed by atoms with E-state index < -0.39 is 6.10 Å². The Morgan fingerprint density at radius 2 is 2.08 bits per heavy atom. The van der Waals surface area contributed by atoms with Crippen molar-refractivity contribution in [2.45, 2.75) is 25.5 Å². The summed E-state index contributed by atoms with van der Waals surface area (Å²) in [6.45, 7) is 1.55. The summed E-state index contributed by atoms with van der Waals surface area (Å²) >= 11 is 0. The van der Waals surface area contributed by atoms with Crippen molar-refractivity contribution in [1.82, 2.24) is 4.90 Å². The summed E-state index contributed by atoms with van der Waals surface area (Å²) in [4.78, 5) is 14.2. The van der Waals surface area contributed by atoms with E-state index in [0.717, 1.165) is 24.1 Å². The molecule has 1 amide bonds. The highest BCUT2D eigenvalue weighted by atomic mass is 19.1. The Kier molecular flexibility index (Phi) is 5.11. The third-order valence-corrected chi connectivity index (χ3v) is 4.18. The molecule has 126 valence electrons. The van der Waals surface area contributed by atoms with Gasteiger partial charge in [-0.3, -0.25) is 4.79 Å². The molecule has 0 radical (unpaired) electrons. The van der Waals surface area contributed by atoms with Gasteiger partial charge in [-0.2, -0.15) is 0 Å². The van der Waals surface area contributed by atoms with E-state index in [1.807, 2.05) is 18.2 Å². The fourth-order valence-corrected chi connectivity index (χ4v) is 2.94. The number of amides is 1. The topological polar surface area (TPSA) is 52.6 Å². The Balaban J connectivity index is 1.66. The lowest BCUT2D eigenvalue weighted by atomic mass is 10.1. The van der Waals surface area contributed by atoms with Crippen LogP contribution in [-0.4, -0.2) is 35.1 Å². The summed E-state index contributed by atoms with van der Waals surface area (Å²) in [5.41, 5.74) is 2.24. The molecule has 2 aromatic rings. The largest absolute Gasteiger partial charge is 0.391 e. The Morgan fingerprint density at radius 3 is 2.88 bits per heavy atom. The Hall–Kier alpha value is -2.40. The van der Waals surface area contributed by atoms with Crippen molar-refractivity contribution in [3.63, 3.8) is 0 Å². The van der Waals surface area contributed by atoms with Gasteiger partial charge in [0.05, 0.1) is 6.10 Å². The molecule has 0 unspecified atom stereocenters. The van der Waals surface area contributed by atoms with E-state index in [2.05, 4.69) is 5.32 Å². The van der Waals surface area contributed by atoms with Crippen LogP contribution in [0.1, 0.15) is 28.8 Å². The second-order valence-corrected chi connectivity index (χ2v) is 6.11. The van der Waals surface area contributed by atoms with Crippen LogP contribution in [0.4, 0.5) is 10.1 Å². The van der Waals surface area contributed by atoms with Gasteiger partial charge in [-0.15, -0.1) is 0 Å². The van der Waals surface area contributed by atoms with Gasteiger partial charge in [0.1, 0.15) is 5.82 Å². The minimum atomic E-state index is -0.433. The molecule has 1 aliphatic heterocycles. The third-order valence-electron chi connectivity index (χ3n) is 4.18. The van der Waals surface area contributed by atoms with Crippen LogP contribution in [-0.2, 0) is 6.54 Å². The third kappa shape index (κ3) is 4.11. The molecular formula is C19H21FN2O2. The van der Waals surface area contributed by atoms with E-state index in [-0.39, 0.29) is 11.7 Å². The molecule has 1 saturated heterocycles. The predicted octanol–water partition coefficient (Wildman–Crippen LogP) is 3.03. The van der Waals surface area contributed by atoms with E-state index >= 15 is 0 Å². The van der Waals surface area contributed by atoms with Crippen molar-refractivity contribution in [3.05, 3.63) is 65.5 Å². The molecule has 2 N–H and O–H groups in total. The van der Waals surface area contributed by atoms with Crippen molar-refractivity contribution < 1.29 is 14.3 Å². The lowest BCUT2D eigenvalue weighted by Crippen LogP contribution is -2.42. The zero-order valence-electron chi connectivity index (χ0n) is 13.4. The van der Waals surface area contributed by atoms with Gasteiger partial charge >= 0.3 is 0 Å². The highest BCUT2D eigenvalue weighted by Gasteiger charge is 2.23. The van der Waals surface area contributed by atoms with Crippen LogP contribution in [0.3, 0.4) is 0 Å². The Morgan fingerprint density at radius 1 is 1.25 bits per heavy atom. The smallest absolute Gasteiger partial charge is 0.254 e. The molecule has 0 bridgehead atoms. The number of rotatable bonds is 4. The summed E-state index contributed by atoms with van der Waals surface area (Å²) in [6, 6.07) is 13.7. The first kappa shape index (κ1) is 16.5. The number of benzene rings is 2. The molecule has 1 heterocycles. The van der Waals surface area contributed by atoms with Crippen LogP contribution in [0.15, 0.2) is 48.5 Å². The minimum Gasteiger partial charge on any atom is -0.391 e. The molecule has 0 saturated carbocycles. The summed E-state index contributed by atoms with van der Waals surface area (Å²) < 4.78 is 13.2. The summed E-state index contributed by atoms with van der Waals surface area (Å²) in [7, 11) is 0. The van der Waals surface area contributed by atoms with Crippen molar-refractivity contribution in [1.29, 1.82) is 0 Å². The van der Waals surface area contributed by atoms with Gasteiger partial charge in [0.2, 0.25) is 0 Å². The molecule has 0 aromatic heterocycles. The molecule has 1 fully saturated rings. The van der Waals surface area contributed by atoms with E-state index in [0.29, 0.717) is 25.2 Å². The van der Waals surface area contributed by atoms with Crippen LogP contribution >= 0.6 is 0 Å². The van der Waals surface area contributed by atoms with Gasteiger partial charge in [0.15, 0.2) is 0 Å². The normalized spacial score (nSPS) is 17.6. The monoisotopic (exact) mass is 328 g/mol. The second-order valence-electron chi connectivity index (χ2n) is 6.11. The van der Waals surface area contributed by atoms with Crippen LogP contribution < -0.4 is 5.32 Å². The number of aliphatic hydroxyl groups excluding tert-OH is 1. The highest BCUT2D eigenvalue weighted by Crippen LogP contribution is 2.17. The van der Waals surface area contributed by atoms with Crippen LogP contribution in [0.2, 0.25) is 0 Å². The average molecular weight is 328 g/mol. The van der Waals surface area contributed by atoms with E-state index in [1.54, 1.807) is 23.1 Å². The summed E-state index contributed by atoms with van der Waals surface area (Å²) in [5.74, 6) is -0.329. The number of nitrogens with one attached hydrogen (secondary N) is 1. The van der Waals surface area contributed by atoms with Gasteiger partial charge in [0, 0.05) is 30.9 Å². The number of likely N-dealkylation sites (tertiary alicyclic amines) is 1. The number of β-amino-alcohol motifs (C(OH)–C–C–N with tert-alkyl or cyclic N) is 1. The summed E-state index contributed by atoms with van der Waals surface area (Å²) in [5, 5.41) is 12.9. The zero-order chi connectivity index (χ0) is 16.9. The first-order valence-electron chi connectivity index (χ1n) is 8.17. The second kappa shape index (κ2) is 7.45. The standard InChI is InChI=1S/C19H21FN2O2/c20-16-6-1-4-14(10-16)12-21-17-7-2-5-15(11-17)19(24)22-9-3-8-18(23)13-22/h1-2,4-7,10-11,18,21,23H,3,8-9,12-13H2/t18-/m0/s1. The lowest BCUT2D eigenvalue weighted by Gasteiger charge is -2.30. The van der Waals surface area contributed by atoms with Crippen molar-refractivity contribution in [2.24, 2.45) is 0 Å². The molecule has 3 rings (SSSR count). The quantitative estimate of drug-likeness (QED) is 0.907. The van der Waals surface area contributed by atoms with Crippen LogP contribution in [0, 0.1) is 5.82 Å². The fourth-order valence-electron chi connectivity index (χ4n) is 2.94. The maximum atomic E-state index is 13.2. The van der Waals surface area contributed by atoms with Crippen molar-refractivity contribution >= 4 is 11.6 Å². The molecule has 1 aliphatic rings. The molecule has 0 aliphatic carbocycles. The molecular weight excluding hydrogens is 307 g/mol. The van der Waals surface area contributed by atoms with E-state index in [9.17, 15) is 14.3 Å². The maximum absolute atomic E-state index is 13.2. The van der Waals surface area contributed by atoms with E-state index in [4.69, 9.17) is 0 Å². The molecule has 4 nitrogen and oxygen atoms in total. The predicted molar refractivity (Wildman–Crippen MR) is 91.3 cm³/mol. The van der Waals surface area contributed by atoms with Crippen molar-refractivity contribution in [3.8, 4) is 0 Å². The number of hydrogen-bond acceptors (Lipinski definition) is 3. The first-order chi connectivity index (χ1) is 11.6. The molecule has 5 heteroatoms. The number of nitrogens with zero attached hydrogens (tertiary/aromatic N) is 1. The summed E-state index contributed by atoms with van der Waals surface area (Å²) in [6.07, 6.45) is 1.14. The van der Waals surface area contributed by atoms with Crippen LogP contribution in [0.5, 0.6) is 0 Å². The maximum Gasteiger partial charge on any atom is 0.254 e. The molecule has 0 spiro atoms. The Bertz CT molecular complexity index is 720. The molecule has 24 heavy (non-hydrogen) atoms. The van der Waals surface area contributed by atoms with E-state index in [1.165, 1.54) is 12.1 Å². The van der Waals surface area contributed by atoms with Gasteiger partial charge in [-0.1, -0.05) is 18.2 Å². The number of hydrogen-bond donors (Lipinski definition) is 2. The number of piperidine rings is 1. The van der Waals surface area contributed by atoms with Gasteiger partial charge in [-0.05, 0) is 48.7 Å². The Labute approximate surface area is 140 Å². The first-order valence-corrected chi connectivity index (χ1v) is 8.17. The highest BCUT2D eigenvalue weighted by molar-refractivity contribution is 5.95. The number of carbonyl (C=O) groups is 1. The number of halogens is 1. The van der Waals surface area contributed by atoms with Gasteiger partial charge in [0.25, 0.3) is 5.91 Å². The fraction of sp³-hybridized carbons (Fsp3) is 0.316. The SMILES string of the molecule is O=C(c1cccc(NCc2cccc(F)c2)c1)N1CCC[C@H](O)C1. The van der Waals surface area contributed by atoms with Gasteiger partial charge in [-0.25, -0.2) is 4.39 Å². The van der Waals surface area contributed by atoms with Crippen LogP contribution in [0.25, 0.3) is 0 Å². The number of aliphatic hydroxyl groups is 1. The molecule has 1 atom stereocenters. The minimum absolute atomic E-state index is 0.0665. The lowest BCUT2D eigenvalue weighted by molar-refractivity contribution is 0.0474. The van der Waals surface area contributed by atoms with Crippen molar-refractivity contribution in [2.75, 3.05) is 18.4 Å². The zero-order valence-corrected chi connectivity index (χ0v) is 13.4. The number of anilines is 1. The van der Waals surface area contributed by atoms with Gasteiger partial charge < -0.3 is 15.3 Å². The molecule has 2 aromatic carbocycles.